The summed E-state index contributed by atoms with van der Waals surface area (Å²) in [6.07, 6.45) is 0.521. The highest BCUT2D eigenvalue weighted by Crippen LogP contribution is 2.32. The molecule has 0 aliphatic carbocycles. The van der Waals surface area contributed by atoms with Gasteiger partial charge < -0.3 is 14.6 Å². The number of nitrogens with zero attached hydrogens (tertiary/aromatic N) is 1. The molecule has 1 atom stereocenters. The molecule has 0 radical (unpaired) electrons. The first kappa shape index (κ1) is 26.9. The maximum atomic E-state index is 13.3. The minimum absolute atomic E-state index is 0.170. The van der Waals surface area contributed by atoms with Crippen molar-refractivity contribution in [1.82, 2.24) is 19.3 Å². The molecule has 0 spiro atoms. The van der Waals surface area contributed by atoms with E-state index in [1.54, 1.807) is 54.9 Å². The first-order chi connectivity index (χ1) is 16.7. The lowest BCUT2D eigenvalue weighted by molar-refractivity contribution is -0.117. The third-order valence-corrected chi connectivity index (χ3v) is 6.83. The zero-order valence-electron chi connectivity index (χ0n) is 19.5. The smallest absolute Gasteiger partial charge is 0.338 e. The van der Waals surface area contributed by atoms with Crippen molar-refractivity contribution < 1.29 is 19.1 Å². The van der Waals surface area contributed by atoms with Crippen LogP contribution in [0.15, 0.2) is 42.5 Å². The van der Waals surface area contributed by atoms with Crippen LogP contribution in [-0.2, 0) is 16.6 Å². The van der Waals surface area contributed by atoms with Gasteiger partial charge in [0, 0.05) is 43.6 Å². The molecule has 0 saturated carbocycles. The molecule has 11 heteroatoms. The Labute approximate surface area is 217 Å². The van der Waals surface area contributed by atoms with Crippen LogP contribution in [0.5, 0.6) is 0 Å². The van der Waals surface area contributed by atoms with E-state index >= 15 is 0 Å². The predicted molar refractivity (Wildman–Crippen MR) is 140 cm³/mol. The van der Waals surface area contributed by atoms with Gasteiger partial charge in [-0.2, -0.15) is 0 Å². The largest absolute Gasteiger partial charge is 0.462 e. The van der Waals surface area contributed by atoms with Crippen molar-refractivity contribution >= 4 is 64.0 Å². The van der Waals surface area contributed by atoms with Crippen LogP contribution >= 0.6 is 35.3 Å². The molecule has 1 heterocycles. The van der Waals surface area contributed by atoms with Crippen molar-refractivity contribution in [1.29, 1.82) is 0 Å². The SMILES string of the molecule is CCOC(=O)c1ccc(C(CCNSNC(C)=O)NC(=O)c2cc3c(Cl)c(Cl)ccc3n2C)cc1. The number of carbonyl (C=O) groups excluding carboxylic acids is 3. The summed E-state index contributed by atoms with van der Waals surface area (Å²) in [7, 11) is 1.79. The first-order valence-corrected chi connectivity index (χ1v) is 12.5. The number of rotatable bonds is 10. The zero-order chi connectivity index (χ0) is 25.5. The molecule has 0 bridgehead atoms. The molecule has 1 unspecified atom stereocenters. The number of aryl methyl sites for hydroxylation is 1. The summed E-state index contributed by atoms with van der Waals surface area (Å²) in [6.45, 7) is 3.95. The van der Waals surface area contributed by atoms with E-state index in [-0.39, 0.29) is 24.5 Å². The summed E-state index contributed by atoms with van der Waals surface area (Å²) >= 11 is 13.6. The summed E-state index contributed by atoms with van der Waals surface area (Å²) in [6, 6.07) is 11.8. The molecule has 35 heavy (non-hydrogen) atoms. The molecule has 3 aromatic rings. The van der Waals surface area contributed by atoms with E-state index in [9.17, 15) is 14.4 Å². The second kappa shape index (κ2) is 12.3. The number of ether oxygens (including phenoxy) is 1. The number of hydrogen-bond donors (Lipinski definition) is 3. The minimum Gasteiger partial charge on any atom is -0.462 e. The van der Waals surface area contributed by atoms with E-state index < -0.39 is 5.97 Å². The molecule has 2 aromatic carbocycles. The molecule has 3 N–H and O–H groups in total. The van der Waals surface area contributed by atoms with Crippen molar-refractivity contribution in [2.75, 3.05) is 13.2 Å². The molecule has 8 nitrogen and oxygen atoms in total. The van der Waals surface area contributed by atoms with E-state index in [0.717, 1.165) is 23.2 Å². The lowest BCUT2D eigenvalue weighted by atomic mass is 10.0. The average Bonchev–Trinajstić information content (AvgIpc) is 3.17. The summed E-state index contributed by atoms with van der Waals surface area (Å²) in [5.41, 5.74) is 2.46. The van der Waals surface area contributed by atoms with Gasteiger partial charge in [-0.15, -0.1) is 0 Å². The average molecular weight is 537 g/mol. The number of fused-ring (bicyclic) bond motifs is 1. The number of amides is 2. The molecule has 1 aromatic heterocycles. The summed E-state index contributed by atoms with van der Waals surface area (Å²) in [5.74, 6) is -0.861. The zero-order valence-corrected chi connectivity index (χ0v) is 21.8. The number of hydrogen-bond acceptors (Lipinski definition) is 6. The van der Waals surface area contributed by atoms with Crippen LogP contribution in [0.2, 0.25) is 10.0 Å². The quantitative estimate of drug-likeness (QED) is 0.195. The van der Waals surface area contributed by atoms with Crippen LogP contribution < -0.4 is 14.8 Å². The Hall–Kier alpha value is -2.72. The Balaban J connectivity index is 1.82. The predicted octanol–water partition coefficient (Wildman–Crippen LogP) is 4.81. The Bertz CT molecular complexity index is 1230. The molecule has 0 fully saturated rings. The van der Waals surface area contributed by atoms with Crippen LogP contribution in [0.3, 0.4) is 0 Å². The fraction of sp³-hybridized carbons (Fsp3) is 0.292. The summed E-state index contributed by atoms with van der Waals surface area (Å²) < 4.78 is 12.4. The highest BCUT2D eigenvalue weighted by Gasteiger charge is 2.21. The van der Waals surface area contributed by atoms with Gasteiger partial charge in [0.2, 0.25) is 5.91 Å². The van der Waals surface area contributed by atoms with Crippen molar-refractivity contribution in [2.45, 2.75) is 26.3 Å². The number of nitrogens with one attached hydrogen (secondary N) is 3. The third kappa shape index (κ3) is 6.70. The maximum Gasteiger partial charge on any atom is 0.338 e. The lowest BCUT2D eigenvalue weighted by Crippen LogP contribution is -2.32. The normalized spacial score (nSPS) is 11.8. The highest BCUT2D eigenvalue weighted by molar-refractivity contribution is 7.96. The van der Waals surface area contributed by atoms with E-state index in [4.69, 9.17) is 27.9 Å². The van der Waals surface area contributed by atoms with Gasteiger partial charge in [0.1, 0.15) is 5.69 Å². The standard InChI is InChI=1S/C24H26Cl2N4O4S/c1-4-34-24(33)16-7-5-15(6-8-16)19(11-12-27-35-29-14(2)31)28-23(32)21-13-17-20(30(21)3)10-9-18(25)22(17)26/h5-10,13,19,27H,4,11-12H2,1-3H3,(H,28,32)(H,29,31). The van der Waals surface area contributed by atoms with E-state index in [1.807, 2.05) is 6.07 Å². The highest BCUT2D eigenvalue weighted by atomic mass is 35.5. The second-order valence-electron chi connectivity index (χ2n) is 7.69. The topological polar surface area (TPSA) is 101 Å². The molecule has 0 aliphatic rings. The Morgan fingerprint density at radius 1 is 1.11 bits per heavy atom. The number of benzene rings is 2. The molecular weight excluding hydrogens is 511 g/mol. The molecule has 0 saturated heterocycles. The van der Waals surface area contributed by atoms with Crippen LogP contribution in [0, 0.1) is 0 Å². The molecule has 3 rings (SSSR count). The number of halogens is 2. The minimum atomic E-state index is -0.404. The fourth-order valence-corrected chi connectivity index (χ4v) is 4.36. The van der Waals surface area contributed by atoms with Crippen molar-refractivity contribution in [3.63, 3.8) is 0 Å². The third-order valence-electron chi connectivity index (χ3n) is 5.28. The van der Waals surface area contributed by atoms with Crippen molar-refractivity contribution in [3.05, 3.63) is 69.3 Å². The van der Waals surface area contributed by atoms with Crippen LogP contribution in [-0.4, -0.2) is 35.5 Å². The van der Waals surface area contributed by atoms with Gasteiger partial charge in [0.05, 0.1) is 28.3 Å². The van der Waals surface area contributed by atoms with Gasteiger partial charge in [-0.3, -0.25) is 14.3 Å². The molecule has 2 amide bonds. The lowest BCUT2D eigenvalue weighted by Gasteiger charge is -2.20. The van der Waals surface area contributed by atoms with Crippen LogP contribution in [0.25, 0.3) is 10.9 Å². The molecule has 186 valence electrons. The van der Waals surface area contributed by atoms with Gasteiger partial charge in [0.15, 0.2) is 0 Å². The van der Waals surface area contributed by atoms with E-state index in [0.29, 0.717) is 39.7 Å². The molecule has 0 aliphatic heterocycles. The van der Waals surface area contributed by atoms with Crippen LogP contribution in [0.1, 0.15) is 52.7 Å². The fourth-order valence-electron chi connectivity index (χ4n) is 3.55. The van der Waals surface area contributed by atoms with Gasteiger partial charge in [-0.05, 0) is 49.2 Å². The van der Waals surface area contributed by atoms with E-state index in [1.165, 1.54) is 6.92 Å². The number of aromatic nitrogens is 1. The summed E-state index contributed by atoms with van der Waals surface area (Å²) in [4.78, 5) is 36.4. The summed E-state index contributed by atoms with van der Waals surface area (Å²) in [5, 5.41) is 4.57. The van der Waals surface area contributed by atoms with Gasteiger partial charge in [-0.1, -0.05) is 35.3 Å². The number of carbonyl (C=O) groups is 3. The second-order valence-corrected chi connectivity index (χ2v) is 9.18. The Kier molecular flexibility index (Phi) is 9.45. The van der Waals surface area contributed by atoms with Gasteiger partial charge in [-0.25, -0.2) is 9.52 Å². The Morgan fingerprint density at radius 3 is 2.49 bits per heavy atom. The van der Waals surface area contributed by atoms with E-state index in [2.05, 4.69) is 14.8 Å². The first-order valence-electron chi connectivity index (χ1n) is 10.9. The van der Waals surface area contributed by atoms with Crippen molar-refractivity contribution in [2.24, 2.45) is 7.05 Å². The number of esters is 1. The van der Waals surface area contributed by atoms with Gasteiger partial charge >= 0.3 is 5.97 Å². The van der Waals surface area contributed by atoms with Gasteiger partial charge in [0.25, 0.3) is 5.91 Å². The van der Waals surface area contributed by atoms with Crippen molar-refractivity contribution in [3.8, 4) is 0 Å². The monoisotopic (exact) mass is 536 g/mol. The van der Waals surface area contributed by atoms with Crippen LogP contribution in [0.4, 0.5) is 0 Å². The maximum absolute atomic E-state index is 13.3. The Morgan fingerprint density at radius 2 is 1.83 bits per heavy atom. The molecular formula is C24H26Cl2N4O4S.